The Labute approximate surface area is 60.4 Å². The van der Waals surface area contributed by atoms with E-state index in [2.05, 4.69) is 12.6 Å². The summed E-state index contributed by atoms with van der Waals surface area (Å²) in [5.41, 5.74) is 0. The van der Waals surface area contributed by atoms with E-state index in [-0.39, 0.29) is 0 Å². The van der Waals surface area contributed by atoms with E-state index < -0.39 is 23.8 Å². The molecule has 0 radical (unpaired) electrons. The molecule has 1 atom stereocenters. The summed E-state index contributed by atoms with van der Waals surface area (Å²) in [6.45, 7) is 0. The number of alkyl halides is 3. The van der Waals surface area contributed by atoms with Crippen LogP contribution in [-0.4, -0.2) is 22.5 Å². The molecule has 0 saturated carbocycles. The normalized spacial score (nSPS) is 14.8. The number of hydrogen-bond donors (Lipinski definition) is 2. The summed E-state index contributed by atoms with van der Waals surface area (Å²) in [5, 5.41) is 5.83. The largest absolute Gasteiger partial charge is 0.481 e. The number of hydrogen-bond acceptors (Lipinski definition) is 2. The van der Waals surface area contributed by atoms with E-state index in [9.17, 15) is 18.0 Å². The number of thiol groups is 1. The Morgan fingerprint density at radius 3 is 2.10 bits per heavy atom. The maximum atomic E-state index is 11.5. The molecule has 0 aromatic heterocycles. The smallest absolute Gasteiger partial charge is 0.400 e. The number of carboxylic acid groups (broad SMARTS) is 1. The average molecular weight is 174 g/mol. The lowest BCUT2D eigenvalue weighted by molar-refractivity contribution is -0.149. The van der Waals surface area contributed by atoms with Gasteiger partial charge in [0, 0.05) is 0 Å². The van der Waals surface area contributed by atoms with Gasteiger partial charge in [0.2, 0.25) is 0 Å². The van der Waals surface area contributed by atoms with Crippen molar-refractivity contribution in [3.63, 3.8) is 0 Å². The number of aliphatic carboxylic acids is 1. The molecule has 0 bridgehead atoms. The third kappa shape index (κ3) is 3.60. The Morgan fingerprint density at radius 2 is 2.00 bits per heavy atom. The van der Waals surface area contributed by atoms with Crippen LogP contribution in [0.15, 0.2) is 0 Å². The van der Waals surface area contributed by atoms with E-state index in [0.717, 1.165) is 0 Å². The summed E-state index contributed by atoms with van der Waals surface area (Å²) < 4.78 is 34.4. The number of rotatable bonds is 2. The minimum absolute atomic E-state index is 0.993. The highest BCUT2D eigenvalue weighted by Gasteiger charge is 2.38. The fourth-order valence-electron chi connectivity index (χ4n) is 0.281. The Balaban J connectivity index is 3.85. The third-order valence-electron chi connectivity index (χ3n) is 0.746. The van der Waals surface area contributed by atoms with Gasteiger partial charge in [-0.3, -0.25) is 4.79 Å². The monoisotopic (exact) mass is 174 g/mol. The van der Waals surface area contributed by atoms with Crippen molar-refractivity contribution >= 4 is 18.6 Å². The molecule has 0 aliphatic heterocycles. The summed E-state index contributed by atoms with van der Waals surface area (Å²) in [6, 6.07) is 0. The molecule has 0 rings (SSSR count). The van der Waals surface area contributed by atoms with E-state index in [0.29, 0.717) is 0 Å². The van der Waals surface area contributed by atoms with Crippen LogP contribution in [0.2, 0.25) is 0 Å². The van der Waals surface area contributed by atoms with E-state index in [4.69, 9.17) is 5.11 Å². The highest BCUT2D eigenvalue weighted by atomic mass is 32.1. The quantitative estimate of drug-likeness (QED) is 0.619. The molecule has 0 fully saturated rings. The molecule has 1 unspecified atom stereocenters. The van der Waals surface area contributed by atoms with E-state index >= 15 is 0 Å². The van der Waals surface area contributed by atoms with Crippen molar-refractivity contribution < 1.29 is 23.1 Å². The molecule has 0 saturated heterocycles. The van der Waals surface area contributed by atoms with Crippen molar-refractivity contribution in [3.8, 4) is 0 Å². The molecule has 0 amide bonds. The highest BCUT2D eigenvalue weighted by Crippen LogP contribution is 2.26. The van der Waals surface area contributed by atoms with Gasteiger partial charge in [0.05, 0.1) is 6.42 Å². The topological polar surface area (TPSA) is 37.3 Å². The lowest BCUT2D eigenvalue weighted by Gasteiger charge is -2.11. The molecule has 6 heteroatoms. The second-order valence-electron chi connectivity index (χ2n) is 1.66. The Morgan fingerprint density at radius 1 is 1.60 bits per heavy atom. The molecule has 60 valence electrons. The van der Waals surface area contributed by atoms with Crippen LogP contribution < -0.4 is 0 Å². The summed E-state index contributed by atoms with van der Waals surface area (Å²) in [5.74, 6) is -1.50. The van der Waals surface area contributed by atoms with Crippen LogP contribution >= 0.6 is 12.6 Å². The van der Waals surface area contributed by atoms with Gasteiger partial charge in [-0.15, -0.1) is 0 Å². The Bertz CT molecular complexity index is 133. The van der Waals surface area contributed by atoms with Gasteiger partial charge in [0.15, 0.2) is 0 Å². The van der Waals surface area contributed by atoms with Gasteiger partial charge in [-0.2, -0.15) is 25.8 Å². The first-order valence-electron chi connectivity index (χ1n) is 2.30. The lowest BCUT2D eigenvalue weighted by atomic mass is 10.3. The lowest BCUT2D eigenvalue weighted by Crippen LogP contribution is -2.25. The molecule has 0 aromatic rings. The molecule has 0 aromatic carbocycles. The van der Waals surface area contributed by atoms with E-state index in [1.54, 1.807) is 0 Å². The zero-order valence-electron chi connectivity index (χ0n) is 4.72. The summed E-state index contributed by atoms with van der Waals surface area (Å²) in [4.78, 5) is 9.71. The summed E-state index contributed by atoms with van der Waals surface area (Å²) in [7, 11) is 0. The van der Waals surface area contributed by atoms with Crippen LogP contribution in [-0.2, 0) is 4.79 Å². The fraction of sp³-hybridized carbons (Fsp3) is 0.750. The second kappa shape index (κ2) is 3.14. The van der Waals surface area contributed by atoms with Crippen molar-refractivity contribution in [3.05, 3.63) is 0 Å². The minimum Gasteiger partial charge on any atom is -0.481 e. The fourth-order valence-corrected chi connectivity index (χ4v) is 0.437. The van der Waals surface area contributed by atoms with Crippen molar-refractivity contribution in [2.75, 3.05) is 0 Å². The van der Waals surface area contributed by atoms with Gasteiger partial charge in [-0.25, -0.2) is 0 Å². The van der Waals surface area contributed by atoms with Gasteiger partial charge in [0.1, 0.15) is 5.25 Å². The maximum absolute atomic E-state index is 11.5. The highest BCUT2D eigenvalue weighted by molar-refractivity contribution is 7.81. The Hall–Kier alpha value is -0.390. The van der Waals surface area contributed by atoms with Gasteiger partial charge >= 0.3 is 12.1 Å². The molecule has 2 nitrogen and oxygen atoms in total. The van der Waals surface area contributed by atoms with Crippen molar-refractivity contribution in [1.82, 2.24) is 0 Å². The van der Waals surface area contributed by atoms with Crippen LogP contribution in [0.4, 0.5) is 13.2 Å². The molecule has 0 aliphatic carbocycles. The van der Waals surface area contributed by atoms with Gasteiger partial charge in [-0.05, 0) is 0 Å². The first-order chi connectivity index (χ1) is 4.34. The number of carbonyl (C=O) groups is 1. The third-order valence-corrected chi connectivity index (χ3v) is 1.22. The van der Waals surface area contributed by atoms with Gasteiger partial charge in [0.25, 0.3) is 0 Å². The molecule has 1 N–H and O–H groups in total. The van der Waals surface area contributed by atoms with E-state index in [1.807, 2.05) is 0 Å². The predicted octanol–water partition coefficient (Wildman–Crippen LogP) is 1.32. The number of halogens is 3. The summed E-state index contributed by atoms with van der Waals surface area (Å²) in [6.07, 6.45) is -5.52. The molecule has 10 heavy (non-hydrogen) atoms. The molecule has 0 heterocycles. The SMILES string of the molecule is O=C(O)CC(S)C(F)(F)F. The van der Waals surface area contributed by atoms with Crippen LogP contribution in [0.1, 0.15) is 6.42 Å². The average Bonchev–Trinajstić information content (AvgIpc) is 1.60. The van der Waals surface area contributed by atoms with Crippen LogP contribution in [0.5, 0.6) is 0 Å². The van der Waals surface area contributed by atoms with Gasteiger partial charge < -0.3 is 5.11 Å². The van der Waals surface area contributed by atoms with E-state index in [1.165, 1.54) is 0 Å². The molecule has 0 aliphatic rings. The molecular formula is C4H5F3O2S. The first kappa shape index (κ1) is 9.61. The Kier molecular flexibility index (Phi) is 3.01. The standard InChI is InChI=1S/C4H5F3O2S/c5-4(6,7)2(10)1-3(8)9/h2,10H,1H2,(H,8,9). The zero-order valence-corrected chi connectivity index (χ0v) is 5.62. The molecule has 0 spiro atoms. The minimum atomic E-state index is -4.53. The maximum Gasteiger partial charge on any atom is 0.400 e. The summed E-state index contributed by atoms with van der Waals surface area (Å²) >= 11 is 3.04. The number of carboxylic acids is 1. The van der Waals surface area contributed by atoms with Crippen molar-refractivity contribution in [2.45, 2.75) is 17.8 Å². The van der Waals surface area contributed by atoms with Crippen LogP contribution in [0.3, 0.4) is 0 Å². The second-order valence-corrected chi connectivity index (χ2v) is 2.28. The van der Waals surface area contributed by atoms with Crippen molar-refractivity contribution in [2.24, 2.45) is 0 Å². The first-order valence-corrected chi connectivity index (χ1v) is 2.82. The van der Waals surface area contributed by atoms with Crippen molar-refractivity contribution in [1.29, 1.82) is 0 Å². The van der Waals surface area contributed by atoms with Gasteiger partial charge in [-0.1, -0.05) is 0 Å². The molecular weight excluding hydrogens is 169 g/mol. The predicted molar refractivity (Wildman–Crippen MR) is 31.1 cm³/mol. The van der Waals surface area contributed by atoms with Crippen LogP contribution in [0, 0.1) is 0 Å². The van der Waals surface area contributed by atoms with Crippen LogP contribution in [0.25, 0.3) is 0 Å². The zero-order chi connectivity index (χ0) is 8.36.